The Morgan fingerprint density at radius 2 is 2.12 bits per heavy atom. The molecule has 0 saturated heterocycles. The number of fused-ring (bicyclic) bond motifs is 1. The van der Waals surface area contributed by atoms with Crippen LogP contribution in [0.3, 0.4) is 0 Å². The Labute approximate surface area is 156 Å². The van der Waals surface area contributed by atoms with Crippen molar-refractivity contribution in [2.75, 3.05) is 25.5 Å². The summed E-state index contributed by atoms with van der Waals surface area (Å²) in [5, 5.41) is 4.06. The van der Waals surface area contributed by atoms with Crippen molar-refractivity contribution in [1.82, 2.24) is 14.9 Å². The van der Waals surface area contributed by atoms with E-state index in [1.54, 1.807) is 4.57 Å². The molecule has 1 N–H and O–H groups in total. The molecule has 8 heteroatoms. The highest BCUT2D eigenvalue weighted by Crippen LogP contribution is 2.28. The highest BCUT2D eigenvalue weighted by molar-refractivity contribution is 7.99. The number of nitrogens with zero attached hydrogens (tertiary/aromatic N) is 2. The van der Waals surface area contributed by atoms with Crippen LogP contribution in [0.25, 0.3) is 10.2 Å². The largest absolute Gasteiger partial charge is 0.382 e. The molecule has 25 heavy (non-hydrogen) atoms. The third-order valence-corrected chi connectivity index (χ3v) is 5.91. The fourth-order valence-electron chi connectivity index (χ4n) is 2.46. The number of amides is 1. The molecule has 2 aromatic rings. The first kappa shape index (κ1) is 19.9. The molecule has 138 valence electrons. The molecular formula is C17H25N3O3S2. The number of nitrogens with one attached hydrogen (secondary N) is 1. The average molecular weight is 384 g/mol. The topological polar surface area (TPSA) is 73.2 Å². The summed E-state index contributed by atoms with van der Waals surface area (Å²) in [4.78, 5) is 31.3. The predicted molar refractivity (Wildman–Crippen MR) is 104 cm³/mol. The smallest absolute Gasteiger partial charge is 0.263 e. The van der Waals surface area contributed by atoms with E-state index in [1.807, 2.05) is 27.7 Å². The summed E-state index contributed by atoms with van der Waals surface area (Å²) < 4.78 is 7.06. The number of ether oxygens (including phenoxy) is 1. The lowest BCUT2D eigenvalue weighted by Crippen LogP contribution is -2.27. The summed E-state index contributed by atoms with van der Waals surface area (Å²) in [6.45, 7) is 10.2. The lowest BCUT2D eigenvalue weighted by atomic mass is 10.2. The third kappa shape index (κ3) is 4.83. The molecule has 6 nitrogen and oxygen atoms in total. The van der Waals surface area contributed by atoms with E-state index in [2.05, 4.69) is 10.3 Å². The van der Waals surface area contributed by atoms with Gasteiger partial charge < -0.3 is 10.1 Å². The molecule has 0 bridgehead atoms. The van der Waals surface area contributed by atoms with Crippen LogP contribution < -0.4 is 10.9 Å². The van der Waals surface area contributed by atoms with E-state index in [9.17, 15) is 9.59 Å². The van der Waals surface area contributed by atoms with Crippen molar-refractivity contribution in [3.63, 3.8) is 0 Å². The molecule has 0 radical (unpaired) electrons. The zero-order valence-corrected chi connectivity index (χ0v) is 16.8. The standard InChI is InChI=1S/C17H25N3O3S2/c1-5-18-13(21)10-24-17-19-15-14(11(3)12(4)25-15)16(22)20(17)8-7-9-23-6-2/h5-10H2,1-4H3,(H,18,21). The van der Waals surface area contributed by atoms with Crippen LogP contribution in [0.15, 0.2) is 9.95 Å². The number of aromatic nitrogens is 2. The van der Waals surface area contributed by atoms with Crippen LogP contribution >= 0.6 is 23.1 Å². The minimum Gasteiger partial charge on any atom is -0.382 e. The Balaban J connectivity index is 2.35. The molecule has 2 aromatic heterocycles. The van der Waals surface area contributed by atoms with Crippen molar-refractivity contribution in [2.45, 2.75) is 45.8 Å². The van der Waals surface area contributed by atoms with Crippen molar-refractivity contribution in [2.24, 2.45) is 0 Å². The fourth-order valence-corrected chi connectivity index (χ4v) is 4.39. The van der Waals surface area contributed by atoms with Crippen LogP contribution in [0.2, 0.25) is 0 Å². The molecule has 0 aliphatic rings. The number of aryl methyl sites for hydroxylation is 2. The van der Waals surface area contributed by atoms with E-state index < -0.39 is 0 Å². The van der Waals surface area contributed by atoms with Gasteiger partial charge in [-0.25, -0.2) is 4.98 Å². The summed E-state index contributed by atoms with van der Waals surface area (Å²) in [6.07, 6.45) is 0.734. The summed E-state index contributed by atoms with van der Waals surface area (Å²) in [6, 6.07) is 0. The highest BCUT2D eigenvalue weighted by atomic mass is 32.2. The van der Waals surface area contributed by atoms with E-state index >= 15 is 0 Å². The van der Waals surface area contributed by atoms with Gasteiger partial charge >= 0.3 is 0 Å². The minimum atomic E-state index is -0.0544. The van der Waals surface area contributed by atoms with Gasteiger partial charge in [-0.05, 0) is 39.7 Å². The van der Waals surface area contributed by atoms with Crippen molar-refractivity contribution in [3.05, 3.63) is 20.8 Å². The fraction of sp³-hybridized carbons (Fsp3) is 0.588. The third-order valence-electron chi connectivity index (χ3n) is 3.83. The number of hydrogen-bond donors (Lipinski definition) is 1. The maximum atomic E-state index is 13.0. The van der Waals surface area contributed by atoms with Crippen LogP contribution in [0, 0.1) is 13.8 Å². The Morgan fingerprint density at radius 1 is 1.36 bits per heavy atom. The van der Waals surface area contributed by atoms with Gasteiger partial charge in [0.25, 0.3) is 5.56 Å². The molecule has 1 amide bonds. The van der Waals surface area contributed by atoms with Crippen molar-refractivity contribution < 1.29 is 9.53 Å². The van der Waals surface area contributed by atoms with Gasteiger partial charge in [-0.1, -0.05) is 11.8 Å². The van der Waals surface area contributed by atoms with Crippen LogP contribution in [0.5, 0.6) is 0 Å². The van der Waals surface area contributed by atoms with Gasteiger partial charge in [0, 0.05) is 31.2 Å². The number of thiophene rings is 1. The van der Waals surface area contributed by atoms with Gasteiger partial charge in [0.15, 0.2) is 5.16 Å². The van der Waals surface area contributed by atoms with E-state index in [-0.39, 0.29) is 17.2 Å². The number of thioether (sulfide) groups is 1. The monoisotopic (exact) mass is 383 g/mol. The molecule has 0 atom stereocenters. The molecule has 0 aliphatic heterocycles. The lowest BCUT2D eigenvalue weighted by molar-refractivity contribution is -0.118. The number of carbonyl (C=O) groups is 1. The van der Waals surface area contributed by atoms with Gasteiger partial charge in [-0.2, -0.15) is 0 Å². The maximum absolute atomic E-state index is 13.0. The average Bonchev–Trinajstić information content (AvgIpc) is 2.86. The van der Waals surface area contributed by atoms with E-state index in [0.29, 0.717) is 36.8 Å². The highest BCUT2D eigenvalue weighted by Gasteiger charge is 2.17. The molecule has 0 fully saturated rings. The summed E-state index contributed by atoms with van der Waals surface area (Å²) >= 11 is 2.84. The molecular weight excluding hydrogens is 358 g/mol. The zero-order chi connectivity index (χ0) is 18.4. The van der Waals surface area contributed by atoms with E-state index in [4.69, 9.17) is 4.74 Å². The molecule has 0 saturated carbocycles. The molecule has 0 unspecified atom stereocenters. The molecule has 0 aromatic carbocycles. The van der Waals surface area contributed by atoms with E-state index in [0.717, 1.165) is 21.7 Å². The Kier molecular flexibility index (Phi) is 7.46. The van der Waals surface area contributed by atoms with Gasteiger partial charge in [0.1, 0.15) is 4.83 Å². The Hall–Kier alpha value is -1.38. The second-order valence-corrected chi connectivity index (χ2v) is 7.75. The van der Waals surface area contributed by atoms with Gasteiger partial charge in [-0.3, -0.25) is 14.2 Å². The summed E-state index contributed by atoms with van der Waals surface area (Å²) in [7, 11) is 0. The van der Waals surface area contributed by atoms with Crippen molar-refractivity contribution in [3.8, 4) is 0 Å². The Morgan fingerprint density at radius 3 is 2.80 bits per heavy atom. The SMILES string of the molecule is CCNC(=O)CSc1nc2sc(C)c(C)c2c(=O)n1CCCOCC. The predicted octanol–water partition coefficient (Wildman–Crippen LogP) is 2.73. The first-order valence-electron chi connectivity index (χ1n) is 8.47. The van der Waals surface area contributed by atoms with Gasteiger partial charge in [-0.15, -0.1) is 11.3 Å². The molecule has 2 rings (SSSR count). The quantitative estimate of drug-likeness (QED) is 0.409. The number of carbonyl (C=O) groups excluding carboxylic acids is 1. The lowest BCUT2D eigenvalue weighted by Gasteiger charge is -2.12. The van der Waals surface area contributed by atoms with Gasteiger partial charge in [0.2, 0.25) is 5.91 Å². The molecule has 2 heterocycles. The van der Waals surface area contributed by atoms with Crippen LogP contribution in [-0.4, -0.2) is 41.0 Å². The van der Waals surface area contributed by atoms with Crippen molar-refractivity contribution >= 4 is 39.2 Å². The first-order valence-corrected chi connectivity index (χ1v) is 10.3. The normalized spacial score (nSPS) is 11.2. The first-order chi connectivity index (χ1) is 12.0. The summed E-state index contributed by atoms with van der Waals surface area (Å²) in [5.41, 5.74) is 0.970. The maximum Gasteiger partial charge on any atom is 0.263 e. The van der Waals surface area contributed by atoms with E-state index in [1.165, 1.54) is 23.1 Å². The number of hydrogen-bond acceptors (Lipinski definition) is 6. The Bertz CT molecular complexity index is 799. The van der Waals surface area contributed by atoms with Crippen molar-refractivity contribution in [1.29, 1.82) is 0 Å². The number of rotatable bonds is 9. The second kappa shape index (κ2) is 9.35. The molecule has 0 aliphatic carbocycles. The molecule has 0 spiro atoms. The van der Waals surface area contributed by atoms with Crippen LogP contribution in [0.4, 0.5) is 0 Å². The second-order valence-electron chi connectivity index (χ2n) is 5.61. The summed E-state index contributed by atoms with van der Waals surface area (Å²) in [5.74, 6) is 0.196. The van der Waals surface area contributed by atoms with Gasteiger partial charge in [0.05, 0.1) is 11.1 Å². The zero-order valence-electron chi connectivity index (χ0n) is 15.2. The van der Waals surface area contributed by atoms with Crippen LogP contribution in [0.1, 0.15) is 30.7 Å². The van der Waals surface area contributed by atoms with Crippen LogP contribution in [-0.2, 0) is 16.1 Å². The minimum absolute atomic E-state index is 0.0262.